The zero-order chi connectivity index (χ0) is 14.2. The van der Waals surface area contributed by atoms with Crippen LogP contribution < -0.4 is 0 Å². The second-order valence-corrected chi connectivity index (χ2v) is 29.2. The Hall–Kier alpha value is 0.531. The molecule has 0 radical (unpaired) electrons. The molecule has 0 aromatic rings. The molecule has 0 bridgehead atoms. The lowest BCUT2D eigenvalue weighted by atomic mass is 10.2. The summed E-state index contributed by atoms with van der Waals surface area (Å²) in [7, 11) is -5.65. The largest absolute Gasteiger partial charge is 0.410 e. The molecule has 1 fully saturated rings. The van der Waals surface area contributed by atoms with E-state index in [9.17, 15) is 0 Å². The molecule has 1 saturated heterocycles. The van der Waals surface area contributed by atoms with Crippen LogP contribution in [0.5, 0.6) is 0 Å². The number of rotatable bonds is 4. The first-order chi connectivity index (χ1) is 8.04. The molecule has 1 aliphatic heterocycles. The van der Waals surface area contributed by atoms with Gasteiger partial charge in [-0.25, -0.2) is 0 Å². The highest BCUT2D eigenvalue weighted by Crippen LogP contribution is 2.44. The first kappa shape index (κ1) is 16.6. The molecule has 0 amide bonds. The van der Waals surface area contributed by atoms with E-state index in [1.54, 1.807) is 0 Å². The van der Waals surface area contributed by atoms with Crippen LogP contribution in [0.25, 0.3) is 0 Å². The van der Waals surface area contributed by atoms with Gasteiger partial charge in [0.05, 0.1) is 0 Å². The molecule has 1 heterocycles. The van der Waals surface area contributed by atoms with Crippen LogP contribution in [0.1, 0.15) is 27.7 Å². The summed E-state index contributed by atoms with van der Waals surface area (Å²) in [6, 6.07) is 1.14. The highest BCUT2D eigenvalue weighted by molar-refractivity contribution is 7.64. The first-order valence-electron chi connectivity index (χ1n) is 7.02. The zero-order valence-corrected chi connectivity index (χ0v) is 16.3. The van der Waals surface area contributed by atoms with Gasteiger partial charge in [0.2, 0.25) is 7.83 Å². The summed E-state index contributed by atoms with van der Waals surface area (Å²) in [4.78, 5) is 0. The van der Waals surface area contributed by atoms with Crippen LogP contribution in [0.2, 0.25) is 32.2 Å². The lowest BCUT2D eigenvalue weighted by Gasteiger charge is -2.57. The van der Waals surface area contributed by atoms with Crippen molar-refractivity contribution in [2.24, 2.45) is 0 Å². The van der Waals surface area contributed by atoms with E-state index in [4.69, 9.17) is 13.3 Å². The highest BCUT2D eigenvalue weighted by Gasteiger charge is 2.70. The van der Waals surface area contributed by atoms with Crippen LogP contribution in [0.3, 0.4) is 0 Å². The van der Waals surface area contributed by atoms with E-state index >= 15 is 0 Å². The van der Waals surface area contributed by atoms with E-state index in [0.717, 1.165) is 19.3 Å². The summed E-state index contributed by atoms with van der Waals surface area (Å²) in [6.07, 6.45) is 0. The van der Waals surface area contributed by atoms with Crippen LogP contribution in [-0.2, 0) is 13.3 Å². The van der Waals surface area contributed by atoms with Crippen LogP contribution in [0.15, 0.2) is 0 Å². The molecule has 0 aromatic heterocycles. The summed E-state index contributed by atoms with van der Waals surface area (Å²) in [5.74, 6) is 0. The highest BCUT2D eigenvalue weighted by atomic mass is 29.7. The van der Waals surface area contributed by atoms with E-state index in [-0.39, 0.29) is 5.60 Å². The minimum absolute atomic E-state index is 0.00382. The lowest BCUT2D eigenvalue weighted by Crippen LogP contribution is -2.83. The van der Waals surface area contributed by atoms with Gasteiger partial charge in [0, 0.05) is 18.8 Å². The van der Waals surface area contributed by atoms with Crippen molar-refractivity contribution < 1.29 is 13.3 Å². The third kappa shape index (κ3) is 2.69. The third-order valence-electron chi connectivity index (χ3n) is 3.78. The summed E-state index contributed by atoms with van der Waals surface area (Å²) >= 11 is 0. The van der Waals surface area contributed by atoms with E-state index in [1.165, 1.54) is 0 Å². The van der Waals surface area contributed by atoms with Gasteiger partial charge >= 0.3 is 7.60 Å². The van der Waals surface area contributed by atoms with Crippen LogP contribution in [0, 0.1) is 0 Å². The molecule has 6 heteroatoms. The van der Waals surface area contributed by atoms with E-state index in [2.05, 4.69) is 53.9 Å². The van der Waals surface area contributed by atoms with Gasteiger partial charge in [-0.05, 0) is 46.8 Å². The maximum Gasteiger partial charge on any atom is 0.328 e. The number of hydrogen-bond acceptors (Lipinski definition) is 3. The van der Waals surface area contributed by atoms with Crippen molar-refractivity contribution in [3.8, 4) is 0 Å². The quantitative estimate of drug-likeness (QED) is 0.745. The minimum atomic E-state index is -2.17. The van der Waals surface area contributed by atoms with Crippen molar-refractivity contribution in [3.05, 3.63) is 0 Å². The number of hydrogen-bond donors (Lipinski definition) is 0. The Morgan fingerprint density at radius 3 is 1.78 bits per heavy atom. The van der Waals surface area contributed by atoms with Crippen LogP contribution in [0.4, 0.5) is 0 Å². The zero-order valence-electron chi connectivity index (χ0n) is 13.3. The van der Waals surface area contributed by atoms with Gasteiger partial charge in [-0.3, -0.25) is 0 Å². The Bertz CT molecular complexity index is 275. The Balaban J connectivity index is 3.26. The molecule has 0 atom stereocenters. The Labute approximate surface area is 115 Å². The maximum atomic E-state index is 6.50. The molecule has 0 unspecified atom stereocenters. The third-order valence-corrected chi connectivity index (χ3v) is 35.5. The van der Waals surface area contributed by atoms with Gasteiger partial charge in [-0.2, -0.15) is 0 Å². The molecule has 18 heavy (non-hydrogen) atoms. The van der Waals surface area contributed by atoms with Gasteiger partial charge in [0.1, 0.15) is 7.59 Å². The topological polar surface area (TPSA) is 27.7 Å². The predicted molar refractivity (Wildman–Crippen MR) is 83.9 cm³/mol. The molecule has 3 nitrogen and oxygen atoms in total. The summed E-state index contributed by atoms with van der Waals surface area (Å²) in [5.41, 5.74) is -0.00382. The SMILES string of the molecule is CCO[Si]1(OCC)[Si](C)(C)CC(C)(C)O[Si]1(C)C. The van der Waals surface area contributed by atoms with Crippen molar-refractivity contribution >= 4 is 23.0 Å². The molecule has 0 aliphatic carbocycles. The fourth-order valence-electron chi connectivity index (χ4n) is 3.98. The van der Waals surface area contributed by atoms with Crippen molar-refractivity contribution in [2.75, 3.05) is 13.2 Å². The first-order valence-corrected chi connectivity index (χ1v) is 16.9. The van der Waals surface area contributed by atoms with Crippen molar-refractivity contribution in [3.63, 3.8) is 0 Å². The average Bonchev–Trinajstić information content (AvgIpc) is 2.11. The van der Waals surface area contributed by atoms with Crippen molar-refractivity contribution in [1.29, 1.82) is 0 Å². The maximum absolute atomic E-state index is 6.50. The fraction of sp³-hybridized carbons (Fsp3) is 1.00. The van der Waals surface area contributed by atoms with Crippen molar-refractivity contribution in [1.82, 2.24) is 0 Å². The minimum Gasteiger partial charge on any atom is -0.410 e. The molecule has 0 spiro atoms. The Kier molecular flexibility index (Phi) is 4.74. The second kappa shape index (κ2) is 5.14. The molecular formula is C12H30O3Si3. The standard InChI is InChI=1S/C12H30O3Si3/c1-9-13-18(14-10-2)16(5,6)11-12(3,4)15-17(18,7)8/h9-11H2,1-8H3. The average molecular weight is 307 g/mol. The predicted octanol–water partition coefficient (Wildman–Crippen LogP) is 3.38. The molecule has 0 saturated carbocycles. The van der Waals surface area contributed by atoms with E-state index in [0.29, 0.717) is 0 Å². The normalized spacial score (nSPS) is 28.0. The molecule has 1 aliphatic rings. The fourth-order valence-corrected chi connectivity index (χ4v) is 42.3. The van der Waals surface area contributed by atoms with Gasteiger partial charge in [-0.1, -0.05) is 13.1 Å². The van der Waals surface area contributed by atoms with Crippen LogP contribution in [-0.4, -0.2) is 41.8 Å². The molecule has 0 aromatic carbocycles. The van der Waals surface area contributed by atoms with Gasteiger partial charge in [-0.15, -0.1) is 0 Å². The summed E-state index contributed by atoms with van der Waals surface area (Å²) < 4.78 is 19.2. The Morgan fingerprint density at radius 1 is 1.00 bits per heavy atom. The van der Waals surface area contributed by atoms with Gasteiger partial charge in [0.25, 0.3) is 0 Å². The molecule has 0 N–H and O–H groups in total. The lowest BCUT2D eigenvalue weighted by molar-refractivity contribution is 0.105. The van der Waals surface area contributed by atoms with Crippen molar-refractivity contribution in [2.45, 2.75) is 65.5 Å². The summed E-state index contributed by atoms with van der Waals surface area (Å²) in [5, 5.41) is 0. The summed E-state index contributed by atoms with van der Waals surface area (Å²) in [6.45, 7) is 19.6. The molecule has 108 valence electrons. The van der Waals surface area contributed by atoms with E-state index in [1.807, 2.05) is 0 Å². The van der Waals surface area contributed by atoms with Crippen LogP contribution >= 0.6 is 0 Å². The van der Waals surface area contributed by atoms with E-state index < -0.39 is 23.0 Å². The smallest absolute Gasteiger partial charge is 0.328 e. The molecule has 1 rings (SSSR count). The van der Waals surface area contributed by atoms with Gasteiger partial charge < -0.3 is 13.3 Å². The molecular weight excluding hydrogens is 276 g/mol. The second-order valence-electron chi connectivity index (χ2n) is 6.92. The van der Waals surface area contributed by atoms with Gasteiger partial charge in [0.15, 0.2) is 0 Å². The Morgan fingerprint density at radius 2 is 1.44 bits per heavy atom. The monoisotopic (exact) mass is 306 g/mol.